The lowest BCUT2D eigenvalue weighted by Gasteiger charge is -2.31. The number of nitro benzene ring substituents is 1. The van der Waals surface area contributed by atoms with Gasteiger partial charge in [-0.1, -0.05) is 0 Å². The molecule has 2 saturated heterocycles. The average molecular weight is 337 g/mol. The lowest BCUT2D eigenvalue weighted by molar-refractivity contribution is -0.385. The van der Waals surface area contributed by atoms with Gasteiger partial charge >= 0.3 is 0 Å². The maximum atomic E-state index is 14.1. The Labute approximate surface area is 141 Å². The SMILES string of the molecule is O=[N+]([O-])c1ccc(CN2CCCC2CN2CCCC2CO)c(F)c1. The highest BCUT2D eigenvalue weighted by Gasteiger charge is 2.31. The number of aliphatic hydroxyl groups is 1. The minimum atomic E-state index is -0.575. The molecule has 0 radical (unpaired) electrons. The Hall–Kier alpha value is -1.57. The molecule has 2 aliphatic rings. The van der Waals surface area contributed by atoms with Crippen molar-refractivity contribution >= 4 is 5.69 Å². The minimum Gasteiger partial charge on any atom is -0.395 e. The third kappa shape index (κ3) is 3.74. The van der Waals surface area contributed by atoms with E-state index in [0.717, 1.165) is 51.4 Å². The molecule has 132 valence electrons. The van der Waals surface area contributed by atoms with Crippen LogP contribution in [0, 0.1) is 15.9 Å². The molecule has 2 heterocycles. The van der Waals surface area contributed by atoms with Gasteiger partial charge in [-0.2, -0.15) is 0 Å². The van der Waals surface area contributed by atoms with Crippen molar-refractivity contribution in [1.29, 1.82) is 0 Å². The van der Waals surface area contributed by atoms with Gasteiger partial charge in [-0.3, -0.25) is 19.9 Å². The van der Waals surface area contributed by atoms with E-state index < -0.39 is 10.7 Å². The fourth-order valence-corrected chi connectivity index (χ4v) is 3.92. The molecule has 2 unspecified atom stereocenters. The molecule has 7 heteroatoms. The molecule has 0 bridgehead atoms. The summed E-state index contributed by atoms with van der Waals surface area (Å²) in [5.74, 6) is -0.510. The van der Waals surface area contributed by atoms with Crippen LogP contribution in [0.3, 0.4) is 0 Å². The maximum absolute atomic E-state index is 14.1. The Balaban J connectivity index is 1.64. The molecule has 2 aliphatic heterocycles. The van der Waals surface area contributed by atoms with Crippen molar-refractivity contribution in [2.75, 3.05) is 26.2 Å². The maximum Gasteiger partial charge on any atom is 0.272 e. The first-order valence-corrected chi connectivity index (χ1v) is 8.60. The van der Waals surface area contributed by atoms with Crippen LogP contribution >= 0.6 is 0 Å². The number of likely N-dealkylation sites (tertiary alicyclic amines) is 2. The smallest absolute Gasteiger partial charge is 0.272 e. The molecule has 6 nitrogen and oxygen atoms in total. The summed E-state index contributed by atoms with van der Waals surface area (Å²) >= 11 is 0. The van der Waals surface area contributed by atoms with Crippen LogP contribution in [0.15, 0.2) is 18.2 Å². The molecule has 0 aromatic heterocycles. The van der Waals surface area contributed by atoms with E-state index in [1.165, 1.54) is 12.1 Å². The number of nitro groups is 1. The van der Waals surface area contributed by atoms with Crippen molar-refractivity contribution in [2.24, 2.45) is 0 Å². The predicted molar refractivity (Wildman–Crippen MR) is 88.2 cm³/mol. The number of non-ortho nitro benzene ring substituents is 1. The van der Waals surface area contributed by atoms with Crippen molar-refractivity contribution < 1.29 is 14.4 Å². The van der Waals surface area contributed by atoms with Gasteiger partial charge in [0.25, 0.3) is 5.69 Å². The minimum absolute atomic E-state index is 0.198. The van der Waals surface area contributed by atoms with E-state index in [2.05, 4.69) is 9.80 Å². The van der Waals surface area contributed by atoms with Gasteiger partial charge in [0.15, 0.2) is 0 Å². The largest absolute Gasteiger partial charge is 0.395 e. The lowest BCUT2D eigenvalue weighted by Crippen LogP contribution is -2.43. The number of rotatable bonds is 6. The van der Waals surface area contributed by atoms with Gasteiger partial charge in [-0.05, 0) is 44.8 Å². The van der Waals surface area contributed by atoms with E-state index in [0.29, 0.717) is 18.2 Å². The number of aliphatic hydroxyl groups excluding tert-OH is 1. The molecule has 0 spiro atoms. The Morgan fingerprint density at radius 1 is 1.21 bits per heavy atom. The molecule has 2 atom stereocenters. The van der Waals surface area contributed by atoms with Crippen molar-refractivity contribution in [1.82, 2.24) is 9.80 Å². The Bertz CT molecular complexity index is 598. The van der Waals surface area contributed by atoms with Crippen molar-refractivity contribution in [3.63, 3.8) is 0 Å². The van der Waals surface area contributed by atoms with Crippen LogP contribution in [0.2, 0.25) is 0 Å². The van der Waals surface area contributed by atoms with E-state index in [1.54, 1.807) is 0 Å². The van der Waals surface area contributed by atoms with Crippen LogP contribution in [-0.4, -0.2) is 58.2 Å². The number of hydrogen-bond donors (Lipinski definition) is 1. The van der Waals surface area contributed by atoms with Crippen LogP contribution in [-0.2, 0) is 6.54 Å². The van der Waals surface area contributed by atoms with Gasteiger partial charge in [0, 0.05) is 36.8 Å². The summed E-state index contributed by atoms with van der Waals surface area (Å²) < 4.78 is 14.1. The summed E-state index contributed by atoms with van der Waals surface area (Å²) in [6.45, 7) is 3.51. The van der Waals surface area contributed by atoms with Gasteiger partial charge < -0.3 is 5.11 Å². The predicted octanol–water partition coefficient (Wildman–Crippen LogP) is 2.16. The van der Waals surface area contributed by atoms with Crippen molar-refractivity contribution in [3.8, 4) is 0 Å². The zero-order valence-electron chi connectivity index (χ0n) is 13.7. The molecule has 24 heavy (non-hydrogen) atoms. The van der Waals surface area contributed by atoms with E-state index in [4.69, 9.17) is 0 Å². The first kappa shape index (κ1) is 17.3. The van der Waals surface area contributed by atoms with Crippen molar-refractivity contribution in [2.45, 2.75) is 44.3 Å². The van der Waals surface area contributed by atoms with Crippen molar-refractivity contribution in [3.05, 3.63) is 39.7 Å². The molecule has 3 rings (SSSR count). The summed E-state index contributed by atoms with van der Waals surface area (Å²) in [6, 6.07) is 4.50. The van der Waals surface area contributed by atoms with Crippen LogP contribution in [0.4, 0.5) is 10.1 Å². The summed E-state index contributed by atoms with van der Waals surface area (Å²) in [5.41, 5.74) is 0.296. The standard InChI is InChI=1S/C17H24FN3O3/c18-17-9-14(21(23)24)6-5-13(17)10-19-7-1-3-15(19)11-20-8-2-4-16(20)12-22/h5-6,9,15-16,22H,1-4,7-8,10-12H2. The highest BCUT2D eigenvalue weighted by Crippen LogP contribution is 2.26. The van der Waals surface area contributed by atoms with E-state index in [-0.39, 0.29) is 18.3 Å². The van der Waals surface area contributed by atoms with E-state index in [9.17, 15) is 19.6 Å². The first-order chi connectivity index (χ1) is 11.6. The summed E-state index contributed by atoms with van der Waals surface area (Å²) in [4.78, 5) is 14.7. The third-order valence-electron chi connectivity index (χ3n) is 5.28. The molecule has 0 saturated carbocycles. The fraction of sp³-hybridized carbons (Fsp3) is 0.647. The van der Waals surface area contributed by atoms with Crippen LogP contribution in [0.1, 0.15) is 31.2 Å². The van der Waals surface area contributed by atoms with Crippen LogP contribution in [0.5, 0.6) is 0 Å². The topological polar surface area (TPSA) is 69.9 Å². The lowest BCUT2D eigenvalue weighted by atomic mass is 10.1. The Morgan fingerprint density at radius 3 is 2.58 bits per heavy atom. The number of nitrogens with zero attached hydrogens (tertiary/aromatic N) is 3. The molecule has 1 N–H and O–H groups in total. The van der Waals surface area contributed by atoms with Gasteiger partial charge in [-0.15, -0.1) is 0 Å². The fourth-order valence-electron chi connectivity index (χ4n) is 3.92. The zero-order chi connectivity index (χ0) is 17.1. The molecular weight excluding hydrogens is 313 g/mol. The van der Waals surface area contributed by atoms with Crippen LogP contribution in [0.25, 0.3) is 0 Å². The third-order valence-corrected chi connectivity index (χ3v) is 5.28. The second-order valence-corrected chi connectivity index (χ2v) is 6.77. The summed E-state index contributed by atoms with van der Waals surface area (Å²) in [7, 11) is 0. The van der Waals surface area contributed by atoms with Gasteiger partial charge in [0.05, 0.1) is 17.6 Å². The second-order valence-electron chi connectivity index (χ2n) is 6.77. The zero-order valence-corrected chi connectivity index (χ0v) is 13.7. The monoisotopic (exact) mass is 337 g/mol. The van der Waals surface area contributed by atoms with Gasteiger partial charge in [0.2, 0.25) is 0 Å². The quantitative estimate of drug-likeness (QED) is 0.636. The molecule has 0 aliphatic carbocycles. The van der Waals surface area contributed by atoms with E-state index in [1.807, 2.05) is 0 Å². The second kappa shape index (κ2) is 7.55. The summed E-state index contributed by atoms with van der Waals surface area (Å²) in [5, 5.41) is 20.2. The Morgan fingerprint density at radius 2 is 1.92 bits per heavy atom. The number of benzene rings is 1. The molecule has 1 aromatic carbocycles. The number of halogens is 1. The van der Waals surface area contributed by atoms with E-state index >= 15 is 0 Å². The summed E-state index contributed by atoms with van der Waals surface area (Å²) in [6.07, 6.45) is 4.31. The highest BCUT2D eigenvalue weighted by molar-refractivity contribution is 5.34. The molecule has 1 aromatic rings. The average Bonchev–Trinajstić information content (AvgIpc) is 3.19. The van der Waals surface area contributed by atoms with Gasteiger partial charge in [-0.25, -0.2) is 4.39 Å². The normalized spacial score (nSPS) is 25.4. The van der Waals surface area contributed by atoms with Gasteiger partial charge in [0.1, 0.15) is 5.82 Å². The molecule has 0 amide bonds. The molecule has 2 fully saturated rings. The number of hydrogen-bond acceptors (Lipinski definition) is 5. The Kier molecular flexibility index (Phi) is 5.43. The van der Waals surface area contributed by atoms with Crippen LogP contribution < -0.4 is 0 Å². The molecular formula is C17H24FN3O3. The highest BCUT2D eigenvalue weighted by atomic mass is 19.1. The first-order valence-electron chi connectivity index (χ1n) is 8.60.